The molecule has 0 amide bonds. The van der Waals surface area contributed by atoms with Crippen molar-refractivity contribution in [2.24, 2.45) is 0 Å². The second-order valence-electron chi connectivity index (χ2n) is 5.76. The average molecular weight is 474 g/mol. The van der Waals surface area contributed by atoms with E-state index >= 15 is 0 Å². The smallest absolute Gasteiger partial charge is 1.00 e. The summed E-state index contributed by atoms with van der Waals surface area (Å²) in [6.45, 7) is 2.56. The van der Waals surface area contributed by atoms with Gasteiger partial charge in [-0.1, -0.05) is 90.4 Å². The van der Waals surface area contributed by atoms with Crippen LogP contribution in [0.1, 0.15) is 13.3 Å². The topological polar surface area (TPSA) is 23.8 Å². The number of halogens is 2. The van der Waals surface area contributed by atoms with Crippen LogP contribution >= 0.6 is 0 Å². The van der Waals surface area contributed by atoms with E-state index in [9.17, 15) is 0 Å². The van der Waals surface area contributed by atoms with E-state index in [1.54, 1.807) is 0 Å². The summed E-state index contributed by atoms with van der Waals surface area (Å²) < 4.78 is 0. The molecule has 0 aromatic heterocycles. The van der Waals surface area contributed by atoms with Crippen molar-refractivity contribution in [3.63, 3.8) is 0 Å². The molecule has 0 saturated heterocycles. The van der Waals surface area contributed by atoms with Crippen LogP contribution in [-0.4, -0.2) is 16.1 Å². The predicted octanol–water partition coefficient (Wildman–Crippen LogP) is -0.646. The van der Waals surface area contributed by atoms with Gasteiger partial charge in [0.2, 0.25) is 0 Å². The van der Waals surface area contributed by atoms with Gasteiger partial charge in [-0.15, -0.1) is 29.7 Å². The van der Waals surface area contributed by atoms with Gasteiger partial charge in [0.05, 0.1) is 0 Å². The molecule has 4 rings (SSSR count). The molecule has 148 valence electrons. The zero-order valence-electron chi connectivity index (χ0n) is 16.5. The van der Waals surface area contributed by atoms with Gasteiger partial charge in [-0.2, -0.15) is 24.1 Å². The molecule has 0 aliphatic carbocycles. The summed E-state index contributed by atoms with van der Waals surface area (Å²) in [6.07, 6.45) is 0.986. The maximum absolute atomic E-state index is 6.45. The fraction of sp³-hybridized carbons (Fsp3) is 0.125. The zero-order valence-corrected chi connectivity index (χ0v) is 20.6. The van der Waals surface area contributed by atoms with Gasteiger partial charge in [0.25, 0.3) is 0 Å². The van der Waals surface area contributed by atoms with Crippen LogP contribution in [-0.2, 0) is 21.7 Å². The number of fused-ring (bicyclic) bond motifs is 1. The maximum Gasteiger partial charge on any atom is 4.00 e. The van der Waals surface area contributed by atoms with E-state index in [4.69, 9.17) is 5.73 Å². The van der Waals surface area contributed by atoms with Crippen molar-refractivity contribution in [3.8, 4) is 0 Å². The molecule has 29 heavy (non-hydrogen) atoms. The van der Waals surface area contributed by atoms with Crippen LogP contribution in [0.2, 0.25) is 0 Å². The Balaban J connectivity index is 0. The Morgan fingerprint density at radius 3 is 1.62 bits per heavy atom. The summed E-state index contributed by atoms with van der Waals surface area (Å²) in [4.78, 5) is 0. The predicted molar refractivity (Wildman–Crippen MR) is 117 cm³/mol. The number of benzene rings is 3. The molecule has 0 spiro atoms. The Bertz CT molecular complexity index is 785. The molecular formula is C24H25Cl2NSiTi. The van der Waals surface area contributed by atoms with Gasteiger partial charge in [-0.3, -0.25) is 0 Å². The van der Waals surface area contributed by atoms with E-state index in [1.165, 1.54) is 21.1 Å². The number of hydrogen-bond donors (Lipinski definition) is 0. The van der Waals surface area contributed by atoms with Crippen LogP contribution in [0.25, 0.3) is 16.5 Å². The van der Waals surface area contributed by atoms with E-state index in [1.807, 2.05) is 6.92 Å². The summed E-state index contributed by atoms with van der Waals surface area (Å²) >= 11 is 0. The molecule has 2 radical (unpaired) electrons. The monoisotopic (exact) mass is 473 g/mol. The van der Waals surface area contributed by atoms with Gasteiger partial charge in [-0.05, 0) is 0 Å². The molecule has 0 aliphatic heterocycles. The first-order valence-corrected chi connectivity index (χ1v) is 9.95. The van der Waals surface area contributed by atoms with E-state index in [-0.39, 0.29) is 46.5 Å². The minimum atomic E-state index is 0. The fourth-order valence-electron chi connectivity index (χ4n) is 2.28. The molecule has 0 aliphatic rings. The molecule has 5 heteroatoms. The molecule has 1 nitrogen and oxygen atoms in total. The molecule has 0 heterocycles. The van der Waals surface area contributed by atoms with Crippen LogP contribution in [0.4, 0.5) is 0 Å². The van der Waals surface area contributed by atoms with Gasteiger partial charge < -0.3 is 30.5 Å². The van der Waals surface area contributed by atoms with E-state index in [0.29, 0.717) is 6.54 Å². The summed E-state index contributed by atoms with van der Waals surface area (Å²) in [5.41, 5.74) is 6.45. The van der Waals surface area contributed by atoms with Crippen molar-refractivity contribution in [2.45, 2.75) is 13.3 Å². The Morgan fingerprint density at radius 1 is 0.724 bits per heavy atom. The Morgan fingerprint density at radius 2 is 1.17 bits per heavy atom. The fourth-order valence-corrected chi connectivity index (χ4v) is 3.33. The van der Waals surface area contributed by atoms with Gasteiger partial charge >= 0.3 is 21.7 Å². The van der Waals surface area contributed by atoms with Crippen molar-refractivity contribution >= 4 is 30.7 Å². The van der Waals surface area contributed by atoms with Crippen molar-refractivity contribution in [1.82, 2.24) is 0 Å². The summed E-state index contributed by atoms with van der Waals surface area (Å²) in [7, 11) is 0.777. The normalized spacial score (nSPS) is 8.62. The number of hydrogen-bond acceptors (Lipinski definition) is 0. The molecule has 0 atom stereocenters. The second-order valence-corrected chi connectivity index (χ2v) is 7.17. The first-order chi connectivity index (χ1) is 12.8. The third-order valence-electron chi connectivity index (χ3n) is 3.63. The Kier molecular flexibility index (Phi) is 19.4. The van der Waals surface area contributed by atoms with Gasteiger partial charge in [-0.25, -0.2) is 0 Å². The molecule has 0 saturated carbocycles. The first-order valence-electron chi connectivity index (χ1n) is 8.95. The second kappa shape index (κ2) is 18.7. The van der Waals surface area contributed by atoms with Crippen LogP contribution in [0.5, 0.6) is 0 Å². The molecule has 0 fully saturated rings. The SMILES string of the molecule is CCC[NH-].[Cl-].[Cl-].[Ti+4].c1ccc([Si]c2ccccc2)cc1.c1ccc2[cH-]ccc2c1. The summed E-state index contributed by atoms with van der Waals surface area (Å²) in [5, 5.41) is 5.46. The Hall–Kier alpha value is -1.26. The van der Waals surface area contributed by atoms with Gasteiger partial charge in [0.1, 0.15) is 9.52 Å². The van der Waals surface area contributed by atoms with Gasteiger partial charge in [0, 0.05) is 0 Å². The van der Waals surface area contributed by atoms with E-state index in [2.05, 4.69) is 103 Å². The van der Waals surface area contributed by atoms with Gasteiger partial charge in [0.15, 0.2) is 0 Å². The molecule has 4 aromatic carbocycles. The minimum Gasteiger partial charge on any atom is -1.00 e. The standard InChI is InChI=1S/C12H10Si.C9H7.C3H8N.2ClH.Ti/c1-3-7-11(8-4-1)13-12-9-5-2-6-10-12;1-2-5-9-7-3-6-8(9)4-1;1-2-3-4;;;/h1-10H;1-7H;4H,2-3H2,1H3;2*1H;/q;2*-1;;;+4/p-2. The van der Waals surface area contributed by atoms with Crippen molar-refractivity contribution in [3.05, 3.63) is 109 Å². The first kappa shape index (κ1) is 29.9. The van der Waals surface area contributed by atoms with Crippen molar-refractivity contribution < 1.29 is 46.5 Å². The van der Waals surface area contributed by atoms with Crippen LogP contribution in [0.3, 0.4) is 0 Å². The largest absolute Gasteiger partial charge is 4.00 e. The molecule has 0 bridgehead atoms. The van der Waals surface area contributed by atoms with Crippen LogP contribution < -0.4 is 35.2 Å². The maximum atomic E-state index is 6.45. The number of rotatable bonds is 3. The molecule has 1 N–H and O–H groups in total. The molecular weight excluding hydrogens is 449 g/mol. The van der Waals surface area contributed by atoms with E-state index < -0.39 is 0 Å². The average Bonchev–Trinajstić information content (AvgIpc) is 3.19. The van der Waals surface area contributed by atoms with Crippen molar-refractivity contribution in [2.75, 3.05) is 6.54 Å². The quantitative estimate of drug-likeness (QED) is 0.279. The minimum absolute atomic E-state index is 0. The van der Waals surface area contributed by atoms with Crippen molar-refractivity contribution in [1.29, 1.82) is 0 Å². The zero-order chi connectivity index (χ0) is 18.5. The third-order valence-corrected chi connectivity index (χ3v) is 4.88. The van der Waals surface area contributed by atoms with E-state index in [0.717, 1.165) is 15.9 Å². The van der Waals surface area contributed by atoms with Crippen LogP contribution in [0, 0.1) is 0 Å². The number of nitrogens with one attached hydrogen (secondary N) is 1. The molecule has 4 aromatic rings. The summed E-state index contributed by atoms with van der Waals surface area (Å²) in [6, 6.07) is 35.8. The molecule has 0 unspecified atom stereocenters. The van der Waals surface area contributed by atoms with Crippen LogP contribution in [0.15, 0.2) is 103 Å². The summed E-state index contributed by atoms with van der Waals surface area (Å²) in [5.74, 6) is 0. The third kappa shape index (κ3) is 12.1. The Labute approximate surface area is 205 Å².